The van der Waals surface area contributed by atoms with Gasteiger partial charge in [0.1, 0.15) is 12.2 Å². The molecule has 0 saturated carbocycles. The van der Waals surface area contributed by atoms with E-state index in [-0.39, 0.29) is 42.1 Å². The molecule has 0 aromatic rings. The van der Waals surface area contributed by atoms with Gasteiger partial charge in [-0.25, -0.2) is 4.79 Å². The molecule has 0 bridgehead atoms. The van der Waals surface area contributed by atoms with Crippen LogP contribution in [0.15, 0.2) is 47.3 Å². The Morgan fingerprint density at radius 2 is 1.77 bits per heavy atom. The standard InChI is InChI=1S/C35H58O9/c1-12-27-24(6)30(42-11)19-35(39,44-27)26(8)32(37)25(7)33-28(40-9)15-13-14-20(2)16-22(4)31(36)23(5)17-21(3)18-29(41-10)34(38)43-33/h13-15,17-18,22-28,30-33,36-37,39H,12,16,19H2,1-11H3. The number of esters is 1. The predicted molar refractivity (Wildman–Crippen MR) is 170 cm³/mol. The summed E-state index contributed by atoms with van der Waals surface area (Å²) < 4.78 is 29.2. The van der Waals surface area contributed by atoms with Gasteiger partial charge in [-0.3, -0.25) is 0 Å². The van der Waals surface area contributed by atoms with Crippen LogP contribution < -0.4 is 0 Å². The van der Waals surface area contributed by atoms with E-state index in [2.05, 4.69) is 0 Å². The average molecular weight is 623 g/mol. The van der Waals surface area contributed by atoms with E-state index in [1.54, 1.807) is 33.1 Å². The van der Waals surface area contributed by atoms with Crippen LogP contribution in [0.1, 0.15) is 74.7 Å². The van der Waals surface area contributed by atoms with Gasteiger partial charge in [0, 0.05) is 44.3 Å². The van der Waals surface area contributed by atoms with E-state index < -0.39 is 48.0 Å². The fourth-order valence-corrected chi connectivity index (χ4v) is 6.58. The van der Waals surface area contributed by atoms with Crippen LogP contribution in [0.4, 0.5) is 0 Å². The molecule has 2 rings (SSSR count). The Bertz CT molecular complexity index is 1030. The summed E-state index contributed by atoms with van der Waals surface area (Å²) in [5, 5.41) is 34.4. The van der Waals surface area contributed by atoms with Crippen LogP contribution in [0.25, 0.3) is 0 Å². The van der Waals surface area contributed by atoms with Gasteiger partial charge in [-0.1, -0.05) is 77.0 Å². The summed E-state index contributed by atoms with van der Waals surface area (Å²) in [5.74, 6) is -3.92. The third kappa shape index (κ3) is 9.50. The van der Waals surface area contributed by atoms with Gasteiger partial charge in [0.25, 0.3) is 0 Å². The quantitative estimate of drug-likeness (QED) is 0.317. The van der Waals surface area contributed by atoms with Crippen molar-refractivity contribution >= 4 is 5.97 Å². The molecule has 0 aromatic heterocycles. The molecule has 0 spiro atoms. The third-order valence-electron chi connectivity index (χ3n) is 9.60. The van der Waals surface area contributed by atoms with Crippen molar-refractivity contribution in [1.29, 1.82) is 0 Å². The van der Waals surface area contributed by atoms with Gasteiger partial charge >= 0.3 is 5.97 Å². The highest BCUT2D eigenvalue weighted by molar-refractivity contribution is 5.87. The van der Waals surface area contributed by atoms with E-state index in [9.17, 15) is 20.1 Å². The molecule has 1 saturated heterocycles. The molecule has 0 aliphatic carbocycles. The second-order valence-corrected chi connectivity index (χ2v) is 13.0. The average Bonchev–Trinajstić information content (AvgIpc) is 2.99. The zero-order valence-electron chi connectivity index (χ0n) is 28.7. The fraction of sp³-hybridized carbons (Fsp3) is 0.743. The zero-order chi connectivity index (χ0) is 33.4. The topological polar surface area (TPSA) is 124 Å². The molecule has 12 atom stereocenters. The molecular formula is C35H58O9. The van der Waals surface area contributed by atoms with Crippen molar-refractivity contribution in [3.63, 3.8) is 0 Å². The first-order valence-corrected chi connectivity index (χ1v) is 15.9. The largest absolute Gasteiger partial charge is 0.490 e. The van der Waals surface area contributed by atoms with Crippen molar-refractivity contribution in [3.05, 3.63) is 47.3 Å². The first kappa shape index (κ1) is 38.2. The smallest absolute Gasteiger partial charge is 0.373 e. The maximum absolute atomic E-state index is 13.5. The molecule has 1 fully saturated rings. The van der Waals surface area contributed by atoms with Gasteiger partial charge in [-0.15, -0.1) is 0 Å². The summed E-state index contributed by atoms with van der Waals surface area (Å²) in [5.41, 5.74) is 1.81. The van der Waals surface area contributed by atoms with Gasteiger partial charge in [-0.2, -0.15) is 0 Å². The normalized spacial score (nSPS) is 36.8. The number of rotatable bonds is 8. The number of aliphatic hydroxyl groups excluding tert-OH is 2. The third-order valence-corrected chi connectivity index (χ3v) is 9.60. The Kier molecular flexibility index (Phi) is 14.8. The van der Waals surface area contributed by atoms with Gasteiger partial charge in [0.05, 0.1) is 31.5 Å². The van der Waals surface area contributed by atoms with Crippen LogP contribution in [0.5, 0.6) is 0 Å². The predicted octanol–water partition coefficient (Wildman–Crippen LogP) is 5.10. The van der Waals surface area contributed by atoms with E-state index >= 15 is 0 Å². The number of hydrogen-bond donors (Lipinski definition) is 3. The van der Waals surface area contributed by atoms with Crippen LogP contribution in [0.2, 0.25) is 0 Å². The van der Waals surface area contributed by atoms with Crippen LogP contribution >= 0.6 is 0 Å². The lowest BCUT2D eigenvalue weighted by molar-refractivity contribution is -0.324. The Balaban J connectivity index is 2.52. The Morgan fingerprint density at radius 1 is 1.11 bits per heavy atom. The Hall–Kier alpha value is -2.01. The first-order valence-electron chi connectivity index (χ1n) is 15.9. The summed E-state index contributed by atoms with van der Waals surface area (Å²) in [6.07, 6.45) is 6.76. The van der Waals surface area contributed by atoms with Crippen LogP contribution in [0.3, 0.4) is 0 Å². The monoisotopic (exact) mass is 622 g/mol. The van der Waals surface area contributed by atoms with E-state index in [4.69, 9.17) is 23.7 Å². The van der Waals surface area contributed by atoms with Crippen LogP contribution in [-0.2, 0) is 28.5 Å². The fourth-order valence-electron chi connectivity index (χ4n) is 6.58. The van der Waals surface area contributed by atoms with Crippen molar-refractivity contribution < 1.29 is 43.8 Å². The molecule has 3 N–H and O–H groups in total. The highest BCUT2D eigenvalue weighted by atomic mass is 16.6. The minimum absolute atomic E-state index is 0.00545. The lowest BCUT2D eigenvalue weighted by atomic mass is 9.77. The molecule has 12 unspecified atom stereocenters. The number of carbonyl (C=O) groups is 1. The summed E-state index contributed by atoms with van der Waals surface area (Å²) in [4.78, 5) is 13.5. The number of ether oxygens (including phenoxy) is 5. The number of aliphatic hydroxyl groups is 3. The molecule has 252 valence electrons. The molecule has 0 radical (unpaired) electrons. The summed E-state index contributed by atoms with van der Waals surface area (Å²) in [7, 11) is 4.53. The molecule has 0 aromatic carbocycles. The zero-order valence-corrected chi connectivity index (χ0v) is 28.7. The lowest BCUT2D eigenvalue weighted by Crippen LogP contribution is -2.58. The van der Waals surface area contributed by atoms with Crippen molar-refractivity contribution in [2.45, 2.75) is 117 Å². The van der Waals surface area contributed by atoms with Crippen molar-refractivity contribution in [3.8, 4) is 0 Å². The SMILES string of the molecule is CCC1OC(O)(C(C)C(O)C(C)C2OC(=O)C(OC)=CC(C)=CC(C)C(O)C(C)CC(C)=CC=CC2OC)CC(OC)C1C. The van der Waals surface area contributed by atoms with Crippen molar-refractivity contribution in [2.75, 3.05) is 21.3 Å². The van der Waals surface area contributed by atoms with Gasteiger partial charge < -0.3 is 39.0 Å². The Labute approximate surface area is 264 Å². The van der Waals surface area contributed by atoms with E-state index in [0.717, 1.165) is 11.1 Å². The van der Waals surface area contributed by atoms with Crippen molar-refractivity contribution in [2.24, 2.45) is 29.6 Å². The van der Waals surface area contributed by atoms with Crippen LogP contribution in [0, 0.1) is 29.6 Å². The number of allylic oxidation sites excluding steroid dienone is 5. The van der Waals surface area contributed by atoms with E-state index in [0.29, 0.717) is 12.8 Å². The van der Waals surface area contributed by atoms with Gasteiger partial charge in [0.2, 0.25) is 5.76 Å². The summed E-state index contributed by atoms with van der Waals surface area (Å²) in [6, 6.07) is 0. The van der Waals surface area contributed by atoms with E-state index in [1.165, 1.54) is 14.2 Å². The molecule has 44 heavy (non-hydrogen) atoms. The summed E-state index contributed by atoms with van der Waals surface area (Å²) >= 11 is 0. The van der Waals surface area contributed by atoms with Gasteiger partial charge in [-0.05, 0) is 38.7 Å². The summed E-state index contributed by atoms with van der Waals surface area (Å²) in [6.45, 7) is 15.3. The number of cyclic esters (lactones) is 1. The molecular weight excluding hydrogens is 564 g/mol. The van der Waals surface area contributed by atoms with Crippen LogP contribution in [-0.4, -0.2) is 85.0 Å². The minimum Gasteiger partial charge on any atom is -0.490 e. The second kappa shape index (κ2) is 17.1. The molecule has 2 heterocycles. The highest BCUT2D eigenvalue weighted by Crippen LogP contribution is 2.41. The number of hydrogen-bond acceptors (Lipinski definition) is 9. The van der Waals surface area contributed by atoms with E-state index in [1.807, 2.05) is 59.8 Å². The number of carbonyl (C=O) groups excluding carboxylic acids is 1. The molecule has 2 aliphatic rings. The maximum atomic E-state index is 13.5. The van der Waals surface area contributed by atoms with Crippen molar-refractivity contribution in [1.82, 2.24) is 0 Å². The molecule has 9 heteroatoms. The Morgan fingerprint density at radius 3 is 2.34 bits per heavy atom. The first-order chi connectivity index (χ1) is 20.6. The van der Waals surface area contributed by atoms with Gasteiger partial charge in [0.15, 0.2) is 5.79 Å². The highest BCUT2D eigenvalue weighted by Gasteiger charge is 2.51. The molecule has 9 nitrogen and oxygen atoms in total. The molecule has 2 aliphatic heterocycles. The maximum Gasteiger partial charge on any atom is 0.373 e. The minimum atomic E-state index is -1.65. The molecule has 0 amide bonds. The lowest BCUT2D eigenvalue weighted by Gasteiger charge is -2.49. The second-order valence-electron chi connectivity index (χ2n) is 13.0. The number of methoxy groups -OCH3 is 3.